The van der Waals surface area contributed by atoms with Crippen molar-refractivity contribution in [3.63, 3.8) is 0 Å². The Balaban J connectivity index is 2.44. The Morgan fingerprint density at radius 2 is 2.26 bits per heavy atom. The first-order chi connectivity index (χ1) is 11.1. The second-order valence-corrected chi connectivity index (χ2v) is 6.25. The zero-order chi connectivity index (χ0) is 16.8. The van der Waals surface area contributed by atoms with Gasteiger partial charge in [0.15, 0.2) is 11.5 Å². The molecule has 0 bridgehead atoms. The number of nitrogens with zero attached hydrogens (tertiary/aromatic N) is 1. The third-order valence-electron chi connectivity index (χ3n) is 2.96. The summed E-state index contributed by atoms with van der Waals surface area (Å²) in [7, 11) is 1.55. The van der Waals surface area contributed by atoms with E-state index in [0.29, 0.717) is 33.0 Å². The lowest BCUT2D eigenvalue weighted by atomic mass is 10.1. The van der Waals surface area contributed by atoms with Gasteiger partial charge in [0.05, 0.1) is 23.1 Å². The van der Waals surface area contributed by atoms with Gasteiger partial charge >= 0.3 is 0 Å². The molecule has 0 atom stereocenters. The minimum Gasteiger partial charge on any atom is -0.492 e. The van der Waals surface area contributed by atoms with E-state index in [2.05, 4.69) is 15.9 Å². The molecule has 0 saturated heterocycles. The SMILES string of the molecule is CCOc1cc(/C=C(\C#N)C(=O)c2cccs2)cc(Br)c1OC. The fourth-order valence-corrected chi connectivity index (χ4v) is 3.29. The number of allylic oxidation sites excluding steroid dienone is 1. The average Bonchev–Trinajstić information content (AvgIpc) is 3.06. The number of benzene rings is 1. The predicted octanol–water partition coefficient (Wildman–Crippen LogP) is 4.71. The first-order valence-electron chi connectivity index (χ1n) is 6.81. The van der Waals surface area contributed by atoms with Crippen molar-refractivity contribution < 1.29 is 14.3 Å². The molecular weight excluding hydrogens is 378 g/mol. The first-order valence-corrected chi connectivity index (χ1v) is 8.48. The van der Waals surface area contributed by atoms with Crippen LogP contribution in [0, 0.1) is 11.3 Å². The number of ketones is 1. The zero-order valence-electron chi connectivity index (χ0n) is 12.6. The van der Waals surface area contributed by atoms with E-state index in [1.807, 2.05) is 13.0 Å². The maximum atomic E-state index is 12.3. The Bertz CT molecular complexity index is 776. The Morgan fingerprint density at radius 3 is 2.83 bits per heavy atom. The fourth-order valence-electron chi connectivity index (χ4n) is 1.99. The van der Waals surface area contributed by atoms with Gasteiger partial charge in [-0.25, -0.2) is 0 Å². The molecular formula is C17H14BrNO3S. The standard InChI is InChI=1S/C17H14BrNO3S/c1-3-22-14-9-11(8-13(18)17(14)21-2)7-12(10-19)16(20)15-5-4-6-23-15/h4-9H,3H2,1-2H3/b12-7+. The van der Waals surface area contributed by atoms with Crippen LogP contribution < -0.4 is 9.47 Å². The third-order valence-corrected chi connectivity index (χ3v) is 4.41. The van der Waals surface area contributed by atoms with Crippen LogP contribution in [0.5, 0.6) is 11.5 Å². The quantitative estimate of drug-likeness (QED) is 0.406. The maximum absolute atomic E-state index is 12.3. The van der Waals surface area contributed by atoms with Crippen molar-refractivity contribution in [1.82, 2.24) is 0 Å². The van der Waals surface area contributed by atoms with Crippen LogP contribution in [0.1, 0.15) is 22.2 Å². The zero-order valence-corrected chi connectivity index (χ0v) is 15.0. The van der Waals surface area contributed by atoms with Gasteiger partial charge in [-0.15, -0.1) is 11.3 Å². The van der Waals surface area contributed by atoms with Gasteiger partial charge in [-0.05, 0) is 58.1 Å². The molecule has 0 N–H and O–H groups in total. The maximum Gasteiger partial charge on any atom is 0.213 e. The summed E-state index contributed by atoms with van der Waals surface area (Å²) in [5.41, 5.74) is 0.759. The molecule has 2 aromatic rings. The smallest absolute Gasteiger partial charge is 0.213 e. The first kappa shape index (κ1) is 17.3. The van der Waals surface area contributed by atoms with Crippen molar-refractivity contribution >= 4 is 39.1 Å². The molecule has 0 aliphatic rings. The predicted molar refractivity (Wildman–Crippen MR) is 94.1 cm³/mol. The summed E-state index contributed by atoms with van der Waals surface area (Å²) in [6.45, 7) is 2.35. The van der Waals surface area contributed by atoms with E-state index >= 15 is 0 Å². The van der Waals surface area contributed by atoms with E-state index in [0.717, 1.165) is 0 Å². The van der Waals surface area contributed by atoms with Gasteiger partial charge in [0.1, 0.15) is 11.6 Å². The van der Waals surface area contributed by atoms with Gasteiger partial charge in [0.25, 0.3) is 0 Å². The molecule has 0 spiro atoms. The molecule has 118 valence electrons. The second-order valence-electron chi connectivity index (χ2n) is 4.44. The molecule has 1 heterocycles. The molecule has 0 unspecified atom stereocenters. The normalized spacial score (nSPS) is 11.0. The summed E-state index contributed by atoms with van der Waals surface area (Å²) >= 11 is 4.73. The van der Waals surface area contributed by atoms with Crippen molar-refractivity contribution in [2.24, 2.45) is 0 Å². The lowest BCUT2D eigenvalue weighted by Crippen LogP contribution is -2.00. The highest BCUT2D eigenvalue weighted by molar-refractivity contribution is 9.10. The van der Waals surface area contributed by atoms with Gasteiger partial charge < -0.3 is 9.47 Å². The Hall–Kier alpha value is -2.10. The van der Waals surface area contributed by atoms with Crippen LogP contribution in [-0.4, -0.2) is 19.5 Å². The highest BCUT2D eigenvalue weighted by atomic mass is 79.9. The molecule has 2 rings (SSSR count). The van der Waals surface area contributed by atoms with E-state index in [9.17, 15) is 10.1 Å². The molecule has 6 heteroatoms. The molecule has 23 heavy (non-hydrogen) atoms. The van der Waals surface area contributed by atoms with Crippen LogP contribution in [-0.2, 0) is 0 Å². The summed E-state index contributed by atoms with van der Waals surface area (Å²) in [5, 5.41) is 11.1. The number of ether oxygens (including phenoxy) is 2. The minimum absolute atomic E-state index is 0.0759. The number of rotatable bonds is 6. The van der Waals surface area contributed by atoms with Gasteiger partial charge in [-0.1, -0.05) is 6.07 Å². The van der Waals surface area contributed by atoms with E-state index in [4.69, 9.17) is 9.47 Å². The van der Waals surface area contributed by atoms with Crippen molar-refractivity contribution in [2.45, 2.75) is 6.92 Å². The molecule has 0 radical (unpaired) electrons. The molecule has 0 aliphatic heterocycles. The molecule has 0 fully saturated rings. The summed E-state index contributed by atoms with van der Waals surface area (Å²) in [4.78, 5) is 12.8. The molecule has 1 aromatic heterocycles. The van der Waals surface area contributed by atoms with Gasteiger partial charge in [0, 0.05) is 0 Å². The number of hydrogen-bond donors (Lipinski definition) is 0. The lowest BCUT2D eigenvalue weighted by Gasteiger charge is -2.12. The van der Waals surface area contributed by atoms with E-state index < -0.39 is 0 Å². The van der Waals surface area contributed by atoms with E-state index in [1.54, 1.807) is 42.8 Å². The van der Waals surface area contributed by atoms with Crippen LogP contribution >= 0.6 is 27.3 Å². The highest BCUT2D eigenvalue weighted by Crippen LogP contribution is 2.37. The Kier molecular flexibility index (Phi) is 5.97. The number of hydrogen-bond acceptors (Lipinski definition) is 5. The molecule has 1 aromatic carbocycles. The number of carbonyl (C=O) groups is 1. The molecule has 0 saturated carbocycles. The number of nitriles is 1. The fraction of sp³-hybridized carbons (Fsp3) is 0.176. The molecule has 0 aliphatic carbocycles. The summed E-state index contributed by atoms with van der Waals surface area (Å²) < 4.78 is 11.5. The third kappa shape index (κ3) is 4.01. The Morgan fingerprint density at radius 1 is 1.48 bits per heavy atom. The van der Waals surface area contributed by atoms with Crippen LogP contribution in [0.4, 0.5) is 0 Å². The van der Waals surface area contributed by atoms with E-state index in [1.165, 1.54) is 11.3 Å². The largest absolute Gasteiger partial charge is 0.492 e. The van der Waals surface area contributed by atoms with Gasteiger partial charge in [-0.3, -0.25) is 4.79 Å². The van der Waals surface area contributed by atoms with Crippen LogP contribution in [0.25, 0.3) is 6.08 Å². The van der Waals surface area contributed by atoms with Gasteiger partial charge in [-0.2, -0.15) is 5.26 Å². The highest BCUT2D eigenvalue weighted by Gasteiger charge is 2.15. The summed E-state index contributed by atoms with van der Waals surface area (Å²) in [6.07, 6.45) is 1.55. The second kappa shape index (κ2) is 7.95. The van der Waals surface area contributed by atoms with Crippen LogP contribution in [0.15, 0.2) is 39.7 Å². The lowest BCUT2D eigenvalue weighted by molar-refractivity contribution is 0.104. The monoisotopic (exact) mass is 391 g/mol. The van der Waals surface area contributed by atoms with Crippen molar-refractivity contribution in [2.75, 3.05) is 13.7 Å². The topological polar surface area (TPSA) is 59.3 Å². The average molecular weight is 392 g/mol. The van der Waals surface area contributed by atoms with Crippen molar-refractivity contribution in [3.05, 3.63) is 50.1 Å². The van der Waals surface area contributed by atoms with Gasteiger partial charge in [0.2, 0.25) is 5.78 Å². The minimum atomic E-state index is -0.285. The summed E-state index contributed by atoms with van der Waals surface area (Å²) in [5.74, 6) is 0.843. The van der Waals surface area contributed by atoms with E-state index in [-0.39, 0.29) is 11.4 Å². The van der Waals surface area contributed by atoms with Crippen LogP contribution in [0.3, 0.4) is 0 Å². The van der Waals surface area contributed by atoms with Crippen molar-refractivity contribution in [3.8, 4) is 17.6 Å². The molecule has 0 amide bonds. The van der Waals surface area contributed by atoms with Crippen LogP contribution in [0.2, 0.25) is 0 Å². The number of methoxy groups -OCH3 is 1. The number of halogens is 1. The molecule has 4 nitrogen and oxygen atoms in total. The summed E-state index contributed by atoms with van der Waals surface area (Å²) in [6, 6.07) is 8.97. The number of carbonyl (C=O) groups excluding carboxylic acids is 1. The van der Waals surface area contributed by atoms with Crippen molar-refractivity contribution in [1.29, 1.82) is 5.26 Å². The Labute approximate surface area is 147 Å². The number of Topliss-reactive ketones (excluding diaryl/α,β-unsaturated/α-hetero) is 1. The number of thiophene rings is 1.